The summed E-state index contributed by atoms with van der Waals surface area (Å²) in [6.45, 7) is 2.86. The molecule has 1 heterocycles. The summed E-state index contributed by atoms with van der Waals surface area (Å²) in [6, 6.07) is 3.79. The van der Waals surface area contributed by atoms with Crippen LogP contribution in [0.4, 0.5) is 5.95 Å². The summed E-state index contributed by atoms with van der Waals surface area (Å²) in [4.78, 5) is 8.54. The highest BCUT2D eigenvalue weighted by Crippen LogP contribution is 2.49. The van der Waals surface area contributed by atoms with Gasteiger partial charge in [-0.3, -0.25) is 0 Å². The minimum absolute atomic E-state index is 0.444. The molecule has 18 heavy (non-hydrogen) atoms. The van der Waals surface area contributed by atoms with Gasteiger partial charge in [-0.05, 0) is 56.4 Å². The maximum atomic E-state index is 8.89. The zero-order valence-corrected chi connectivity index (χ0v) is 10.7. The van der Waals surface area contributed by atoms with Crippen molar-refractivity contribution in [3.8, 4) is 6.07 Å². The smallest absolute Gasteiger partial charge is 0.224 e. The Labute approximate surface area is 107 Å². The molecule has 2 fully saturated rings. The van der Waals surface area contributed by atoms with Gasteiger partial charge < -0.3 is 5.32 Å². The Hall–Kier alpha value is -1.63. The van der Waals surface area contributed by atoms with Crippen molar-refractivity contribution in [2.45, 2.75) is 32.6 Å². The van der Waals surface area contributed by atoms with Gasteiger partial charge in [0.25, 0.3) is 0 Å². The van der Waals surface area contributed by atoms with Crippen molar-refractivity contribution in [2.75, 3.05) is 11.9 Å². The Morgan fingerprint density at radius 3 is 2.56 bits per heavy atom. The molecule has 4 heteroatoms. The number of nitrogens with zero attached hydrogens (tertiary/aromatic N) is 3. The summed E-state index contributed by atoms with van der Waals surface area (Å²) in [6.07, 6.45) is 5.56. The average Bonchev–Trinajstić information content (AvgIpc) is 3.22. The van der Waals surface area contributed by atoms with Crippen LogP contribution in [-0.4, -0.2) is 16.5 Å². The average molecular weight is 242 g/mol. The third-order valence-electron chi connectivity index (χ3n) is 3.92. The van der Waals surface area contributed by atoms with Gasteiger partial charge in [0.2, 0.25) is 5.95 Å². The Morgan fingerprint density at radius 1 is 1.33 bits per heavy atom. The molecule has 2 saturated carbocycles. The molecule has 0 atom stereocenters. The van der Waals surface area contributed by atoms with Crippen molar-refractivity contribution in [3.05, 3.63) is 17.5 Å². The monoisotopic (exact) mass is 242 g/mol. The third kappa shape index (κ3) is 2.61. The molecule has 1 aromatic heterocycles. The lowest BCUT2D eigenvalue weighted by Gasteiger charge is -2.16. The first-order valence-corrected chi connectivity index (χ1v) is 6.76. The van der Waals surface area contributed by atoms with Crippen LogP contribution in [0.5, 0.6) is 0 Å². The normalized spacial score (nSPS) is 18.7. The van der Waals surface area contributed by atoms with Gasteiger partial charge in [-0.1, -0.05) is 0 Å². The summed E-state index contributed by atoms with van der Waals surface area (Å²) >= 11 is 0. The maximum Gasteiger partial charge on any atom is 0.224 e. The number of nitrogens with one attached hydrogen (secondary N) is 1. The van der Waals surface area contributed by atoms with Crippen LogP contribution in [0, 0.1) is 36.0 Å². The first-order valence-electron chi connectivity index (χ1n) is 6.76. The summed E-state index contributed by atoms with van der Waals surface area (Å²) in [5.74, 6) is 3.24. The van der Waals surface area contributed by atoms with E-state index in [1.165, 1.54) is 25.7 Å². The molecule has 0 spiro atoms. The number of hydrogen-bond acceptors (Lipinski definition) is 4. The van der Waals surface area contributed by atoms with Gasteiger partial charge in [0.15, 0.2) is 0 Å². The van der Waals surface area contributed by atoms with E-state index in [1.54, 1.807) is 6.07 Å². The second-order valence-corrected chi connectivity index (χ2v) is 5.55. The van der Waals surface area contributed by atoms with Crippen LogP contribution in [0.25, 0.3) is 0 Å². The Bertz CT molecular complexity index is 471. The molecule has 2 aliphatic carbocycles. The Morgan fingerprint density at radius 2 is 2.00 bits per heavy atom. The van der Waals surface area contributed by atoms with Gasteiger partial charge >= 0.3 is 0 Å². The standard InChI is InChI=1S/C14H18N4/c1-9-6-12(7-15)18-14(17-9)16-8-13(10-2-3-10)11-4-5-11/h6,10-11,13H,2-5,8H2,1H3,(H,16,17,18). The molecular weight excluding hydrogens is 224 g/mol. The van der Waals surface area contributed by atoms with E-state index in [1.807, 2.05) is 6.92 Å². The van der Waals surface area contributed by atoms with Gasteiger partial charge in [-0.25, -0.2) is 9.97 Å². The molecule has 3 rings (SSSR count). The zero-order valence-electron chi connectivity index (χ0n) is 10.7. The molecule has 0 amide bonds. The number of nitriles is 1. The summed E-state index contributed by atoms with van der Waals surface area (Å²) < 4.78 is 0. The van der Waals surface area contributed by atoms with Gasteiger partial charge in [0.05, 0.1) is 0 Å². The molecule has 0 radical (unpaired) electrons. The van der Waals surface area contributed by atoms with Crippen molar-refractivity contribution in [1.82, 2.24) is 9.97 Å². The lowest BCUT2D eigenvalue weighted by atomic mass is 9.98. The first kappa shape index (κ1) is 11.5. The fourth-order valence-corrected chi connectivity index (χ4v) is 2.68. The molecule has 0 aromatic carbocycles. The molecule has 0 saturated heterocycles. The number of anilines is 1. The maximum absolute atomic E-state index is 8.89. The Kier molecular flexibility index (Phi) is 2.91. The van der Waals surface area contributed by atoms with Crippen LogP contribution in [0.15, 0.2) is 6.07 Å². The van der Waals surface area contributed by atoms with Crippen LogP contribution >= 0.6 is 0 Å². The van der Waals surface area contributed by atoms with Gasteiger partial charge in [0.1, 0.15) is 11.8 Å². The number of rotatable bonds is 5. The second kappa shape index (κ2) is 4.56. The van der Waals surface area contributed by atoms with E-state index in [9.17, 15) is 0 Å². The second-order valence-electron chi connectivity index (χ2n) is 5.55. The van der Waals surface area contributed by atoms with Crippen molar-refractivity contribution >= 4 is 5.95 Å². The molecule has 0 aliphatic heterocycles. The number of aromatic nitrogens is 2. The van der Waals surface area contributed by atoms with Crippen molar-refractivity contribution in [2.24, 2.45) is 17.8 Å². The van der Waals surface area contributed by atoms with Crippen LogP contribution < -0.4 is 5.32 Å². The van der Waals surface area contributed by atoms with Crippen molar-refractivity contribution in [3.63, 3.8) is 0 Å². The molecule has 94 valence electrons. The van der Waals surface area contributed by atoms with Gasteiger partial charge in [0, 0.05) is 12.2 Å². The molecule has 1 N–H and O–H groups in total. The third-order valence-corrected chi connectivity index (χ3v) is 3.92. The van der Waals surface area contributed by atoms with E-state index in [-0.39, 0.29) is 0 Å². The highest BCUT2D eigenvalue weighted by atomic mass is 15.1. The van der Waals surface area contributed by atoms with E-state index >= 15 is 0 Å². The predicted octanol–water partition coefficient (Wildman–Crippen LogP) is 2.50. The van der Waals surface area contributed by atoms with Crippen LogP contribution in [0.3, 0.4) is 0 Å². The lowest BCUT2D eigenvalue weighted by Crippen LogP contribution is -2.19. The van der Waals surface area contributed by atoms with Crippen LogP contribution in [0.1, 0.15) is 37.1 Å². The highest BCUT2D eigenvalue weighted by Gasteiger charge is 2.41. The largest absolute Gasteiger partial charge is 0.354 e. The van der Waals surface area contributed by atoms with Crippen molar-refractivity contribution < 1.29 is 0 Å². The fraction of sp³-hybridized carbons (Fsp3) is 0.643. The van der Waals surface area contributed by atoms with Crippen molar-refractivity contribution in [1.29, 1.82) is 5.26 Å². The minimum Gasteiger partial charge on any atom is -0.354 e. The molecule has 2 aliphatic rings. The van der Waals surface area contributed by atoms with E-state index in [0.717, 1.165) is 30.0 Å². The SMILES string of the molecule is Cc1cc(C#N)nc(NCC(C2CC2)C2CC2)n1. The van der Waals surface area contributed by atoms with E-state index < -0.39 is 0 Å². The lowest BCUT2D eigenvalue weighted by molar-refractivity contribution is 0.427. The van der Waals surface area contributed by atoms with E-state index in [0.29, 0.717) is 11.6 Å². The summed E-state index contributed by atoms with van der Waals surface area (Å²) in [5, 5.41) is 12.2. The number of aryl methyl sites for hydroxylation is 1. The Balaban J connectivity index is 1.65. The van der Waals surface area contributed by atoms with Crippen LogP contribution in [-0.2, 0) is 0 Å². The molecular formula is C14H18N4. The summed E-state index contributed by atoms with van der Waals surface area (Å²) in [5.41, 5.74) is 1.29. The van der Waals surface area contributed by atoms with Crippen LogP contribution in [0.2, 0.25) is 0 Å². The van der Waals surface area contributed by atoms with E-state index in [2.05, 4.69) is 21.4 Å². The van der Waals surface area contributed by atoms with Gasteiger partial charge in [-0.2, -0.15) is 5.26 Å². The quantitative estimate of drug-likeness (QED) is 0.861. The highest BCUT2D eigenvalue weighted by molar-refractivity contribution is 5.33. The molecule has 0 unspecified atom stereocenters. The first-order chi connectivity index (χ1) is 8.76. The zero-order chi connectivity index (χ0) is 12.5. The predicted molar refractivity (Wildman–Crippen MR) is 68.9 cm³/mol. The van der Waals surface area contributed by atoms with E-state index in [4.69, 9.17) is 5.26 Å². The topological polar surface area (TPSA) is 61.6 Å². The molecule has 0 bridgehead atoms. The molecule has 4 nitrogen and oxygen atoms in total. The summed E-state index contributed by atoms with van der Waals surface area (Å²) in [7, 11) is 0. The minimum atomic E-state index is 0.444. The fourth-order valence-electron chi connectivity index (χ4n) is 2.68. The number of hydrogen-bond donors (Lipinski definition) is 1. The molecule has 1 aromatic rings. The van der Waals surface area contributed by atoms with Gasteiger partial charge in [-0.15, -0.1) is 0 Å².